The van der Waals surface area contributed by atoms with Crippen LogP contribution in [0.4, 0.5) is 23.1 Å². The Labute approximate surface area is 148 Å². The number of nitrogens with one attached hydrogen (secondary N) is 2. The van der Waals surface area contributed by atoms with Gasteiger partial charge in [-0.15, -0.1) is 0 Å². The average Bonchev–Trinajstić information content (AvgIpc) is 2.59. The van der Waals surface area contributed by atoms with E-state index >= 15 is 0 Å². The van der Waals surface area contributed by atoms with Crippen molar-refractivity contribution in [3.8, 4) is 6.07 Å². The van der Waals surface area contributed by atoms with Crippen molar-refractivity contribution in [2.75, 3.05) is 10.6 Å². The molecule has 3 aromatic rings. The Kier molecular flexibility index (Phi) is 4.67. The predicted octanol–water partition coefficient (Wildman–Crippen LogP) is 2.71. The van der Waals surface area contributed by atoms with Gasteiger partial charge in [-0.05, 0) is 55.3 Å². The summed E-state index contributed by atoms with van der Waals surface area (Å²) in [6.07, 6.45) is 1.71. The molecule has 25 heavy (non-hydrogen) atoms. The Balaban J connectivity index is 1.81. The van der Waals surface area contributed by atoms with Gasteiger partial charge in [-0.2, -0.15) is 10.2 Å². The summed E-state index contributed by atoms with van der Waals surface area (Å²) in [6, 6.07) is 15.4. The zero-order chi connectivity index (χ0) is 17.8. The lowest BCUT2D eigenvalue weighted by atomic mass is 9.91. The molecule has 0 amide bonds. The Bertz CT molecular complexity index is 922. The summed E-state index contributed by atoms with van der Waals surface area (Å²) in [5, 5.41) is 15.4. The maximum absolute atomic E-state index is 8.85. The molecular weight excluding hydrogens is 309 g/mol. The number of rotatable bonds is 4. The minimum Gasteiger partial charge on any atom is -0.340 e. The van der Waals surface area contributed by atoms with E-state index in [1.807, 2.05) is 18.2 Å². The molecule has 0 radical (unpaired) electrons. The Morgan fingerprint density at radius 3 is 2.32 bits per heavy atom. The highest BCUT2D eigenvalue weighted by molar-refractivity contribution is 6.32. The van der Waals surface area contributed by atoms with Crippen LogP contribution in [0.15, 0.2) is 48.7 Å². The molecule has 3 rings (SSSR count). The van der Waals surface area contributed by atoms with Crippen molar-refractivity contribution in [1.29, 1.82) is 5.26 Å². The maximum Gasteiger partial charge on any atom is 0.229 e. The van der Waals surface area contributed by atoms with Crippen LogP contribution in [0.2, 0.25) is 0 Å². The van der Waals surface area contributed by atoms with Gasteiger partial charge in [0.1, 0.15) is 13.7 Å². The van der Waals surface area contributed by atoms with Crippen molar-refractivity contribution >= 4 is 36.5 Å². The molecule has 0 bridgehead atoms. The summed E-state index contributed by atoms with van der Waals surface area (Å²) >= 11 is 0. The minimum absolute atomic E-state index is 0.497. The normalized spacial score (nSPS) is 10.1. The SMILES string of the molecule is Bc1cc(C)c(Nc2ccnc(Nc3ccc(C#N)cc3)n2)c(C)c1. The van der Waals surface area contributed by atoms with Crippen LogP contribution in [0.25, 0.3) is 0 Å². The van der Waals surface area contributed by atoms with Crippen LogP contribution in [-0.2, 0) is 0 Å². The van der Waals surface area contributed by atoms with Crippen LogP contribution in [0.1, 0.15) is 16.7 Å². The molecule has 1 heterocycles. The van der Waals surface area contributed by atoms with E-state index in [-0.39, 0.29) is 0 Å². The molecule has 5 nitrogen and oxygen atoms in total. The van der Waals surface area contributed by atoms with Crippen molar-refractivity contribution in [2.24, 2.45) is 0 Å². The van der Waals surface area contributed by atoms with Gasteiger partial charge in [0, 0.05) is 17.6 Å². The molecule has 1 aromatic heterocycles. The van der Waals surface area contributed by atoms with E-state index in [1.165, 1.54) is 16.6 Å². The molecule has 0 saturated carbocycles. The van der Waals surface area contributed by atoms with Crippen LogP contribution < -0.4 is 16.1 Å². The van der Waals surface area contributed by atoms with E-state index in [9.17, 15) is 0 Å². The fraction of sp³-hybridized carbons (Fsp3) is 0.105. The number of nitrogens with zero attached hydrogens (tertiary/aromatic N) is 3. The molecule has 0 fully saturated rings. The summed E-state index contributed by atoms with van der Waals surface area (Å²) < 4.78 is 0. The number of anilines is 4. The summed E-state index contributed by atoms with van der Waals surface area (Å²) in [6.45, 7) is 4.17. The smallest absolute Gasteiger partial charge is 0.229 e. The van der Waals surface area contributed by atoms with Gasteiger partial charge in [-0.25, -0.2) is 4.98 Å². The lowest BCUT2D eigenvalue weighted by Gasteiger charge is -2.14. The van der Waals surface area contributed by atoms with E-state index in [2.05, 4.69) is 60.5 Å². The molecule has 0 aliphatic heterocycles. The van der Waals surface area contributed by atoms with Gasteiger partial charge in [-0.3, -0.25) is 0 Å². The lowest BCUT2D eigenvalue weighted by molar-refractivity contribution is 1.16. The number of nitriles is 1. The number of aromatic nitrogens is 2. The molecule has 0 atom stereocenters. The highest BCUT2D eigenvalue weighted by Crippen LogP contribution is 2.23. The molecule has 2 N–H and O–H groups in total. The number of hydrogen-bond acceptors (Lipinski definition) is 5. The summed E-state index contributed by atoms with van der Waals surface area (Å²) in [5.41, 5.74) is 6.11. The third-order valence-electron chi connectivity index (χ3n) is 3.86. The van der Waals surface area contributed by atoms with Gasteiger partial charge in [-0.1, -0.05) is 17.6 Å². The predicted molar refractivity (Wildman–Crippen MR) is 104 cm³/mol. The monoisotopic (exact) mass is 327 g/mol. The van der Waals surface area contributed by atoms with Gasteiger partial charge in [0.15, 0.2) is 0 Å². The second kappa shape index (κ2) is 7.06. The van der Waals surface area contributed by atoms with Gasteiger partial charge in [0.05, 0.1) is 11.6 Å². The number of aryl methyl sites for hydroxylation is 2. The van der Waals surface area contributed by atoms with Crippen molar-refractivity contribution in [2.45, 2.75) is 13.8 Å². The highest BCUT2D eigenvalue weighted by Gasteiger charge is 2.06. The van der Waals surface area contributed by atoms with Crippen molar-refractivity contribution < 1.29 is 0 Å². The number of hydrogen-bond donors (Lipinski definition) is 2. The lowest BCUT2D eigenvalue weighted by Crippen LogP contribution is -2.08. The molecule has 0 aliphatic rings. The van der Waals surface area contributed by atoms with E-state index in [0.717, 1.165) is 17.2 Å². The fourth-order valence-electron chi connectivity index (χ4n) is 2.75. The zero-order valence-electron chi connectivity index (χ0n) is 14.5. The largest absolute Gasteiger partial charge is 0.340 e. The van der Waals surface area contributed by atoms with Crippen LogP contribution >= 0.6 is 0 Å². The first kappa shape index (κ1) is 16.5. The third kappa shape index (κ3) is 3.96. The third-order valence-corrected chi connectivity index (χ3v) is 3.86. The van der Waals surface area contributed by atoms with Crippen molar-refractivity contribution in [1.82, 2.24) is 9.97 Å². The van der Waals surface area contributed by atoms with Gasteiger partial charge in [0.25, 0.3) is 0 Å². The van der Waals surface area contributed by atoms with Crippen LogP contribution in [0.3, 0.4) is 0 Å². The molecule has 2 aromatic carbocycles. The van der Waals surface area contributed by atoms with E-state index < -0.39 is 0 Å². The number of benzene rings is 2. The zero-order valence-corrected chi connectivity index (χ0v) is 14.5. The molecule has 0 unspecified atom stereocenters. The quantitative estimate of drug-likeness (QED) is 0.721. The Morgan fingerprint density at radius 1 is 1.00 bits per heavy atom. The average molecular weight is 327 g/mol. The topological polar surface area (TPSA) is 73.6 Å². The fourth-order valence-corrected chi connectivity index (χ4v) is 2.75. The van der Waals surface area contributed by atoms with E-state index in [4.69, 9.17) is 5.26 Å². The first-order valence-corrected chi connectivity index (χ1v) is 8.00. The molecular formula is C19H18BN5. The van der Waals surface area contributed by atoms with Crippen LogP contribution in [-0.4, -0.2) is 17.8 Å². The minimum atomic E-state index is 0.497. The van der Waals surface area contributed by atoms with Crippen molar-refractivity contribution in [3.63, 3.8) is 0 Å². The van der Waals surface area contributed by atoms with Gasteiger partial charge < -0.3 is 10.6 Å². The van der Waals surface area contributed by atoms with Gasteiger partial charge >= 0.3 is 0 Å². The molecule has 122 valence electrons. The first-order valence-electron chi connectivity index (χ1n) is 8.00. The Hall–Kier alpha value is -3.33. The molecule has 0 saturated heterocycles. The first-order chi connectivity index (χ1) is 12.0. The maximum atomic E-state index is 8.85. The second-order valence-electron chi connectivity index (χ2n) is 5.98. The van der Waals surface area contributed by atoms with E-state index in [1.54, 1.807) is 18.3 Å². The highest BCUT2D eigenvalue weighted by atomic mass is 15.1. The second-order valence-corrected chi connectivity index (χ2v) is 5.98. The summed E-state index contributed by atoms with van der Waals surface area (Å²) in [5.74, 6) is 1.22. The van der Waals surface area contributed by atoms with Crippen LogP contribution in [0, 0.1) is 25.2 Å². The summed E-state index contributed by atoms with van der Waals surface area (Å²) in [4.78, 5) is 8.76. The molecule has 0 aliphatic carbocycles. The summed E-state index contributed by atoms with van der Waals surface area (Å²) in [7, 11) is 2.09. The Morgan fingerprint density at radius 2 is 1.68 bits per heavy atom. The van der Waals surface area contributed by atoms with Crippen molar-refractivity contribution in [3.05, 3.63) is 65.4 Å². The standard InChI is InChI=1S/C19H18BN5/c1-12-9-15(20)10-13(2)18(12)24-17-7-8-22-19(25-17)23-16-5-3-14(11-21)4-6-16/h3-10H,20H2,1-2H3,(H2,22,23,24,25). The molecule has 6 heteroatoms. The van der Waals surface area contributed by atoms with Crippen LogP contribution in [0.5, 0.6) is 0 Å². The van der Waals surface area contributed by atoms with E-state index in [0.29, 0.717) is 11.5 Å². The van der Waals surface area contributed by atoms with Gasteiger partial charge in [0.2, 0.25) is 5.95 Å². The molecule has 0 spiro atoms.